The van der Waals surface area contributed by atoms with E-state index in [4.69, 9.17) is 23.2 Å². The Labute approximate surface area is 178 Å². The fourth-order valence-corrected chi connectivity index (χ4v) is 3.40. The van der Waals surface area contributed by atoms with E-state index in [9.17, 15) is 15.2 Å². The summed E-state index contributed by atoms with van der Waals surface area (Å²) in [6, 6.07) is 15.2. The van der Waals surface area contributed by atoms with Crippen LogP contribution >= 0.6 is 23.2 Å². The van der Waals surface area contributed by atoms with E-state index in [-0.39, 0.29) is 11.3 Å². The molecule has 3 aromatic rings. The van der Waals surface area contributed by atoms with Crippen molar-refractivity contribution in [1.82, 2.24) is 4.57 Å². The van der Waals surface area contributed by atoms with Crippen molar-refractivity contribution < 1.29 is 9.90 Å². The van der Waals surface area contributed by atoms with Crippen molar-refractivity contribution in [3.05, 3.63) is 81.1 Å². The first kappa shape index (κ1) is 20.5. The molecule has 29 heavy (non-hydrogen) atoms. The Morgan fingerprint density at radius 1 is 1.17 bits per heavy atom. The van der Waals surface area contributed by atoms with Crippen molar-refractivity contribution in [1.29, 1.82) is 5.26 Å². The summed E-state index contributed by atoms with van der Waals surface area (Å²) in [6.45, 7) is 3.78. The lowest BCUT2D eigenvalue weighted by atomic mass is 10.1. The third-order valence-corrected chi connectivity index (χ3v) is 5.24. The van der Waals surface area contributed by atoms with Gasteiger partial charge in [-0.3, -0.25) is 4.79 Å². The highest BCUT2D eigenvalue weighted by Gasteiger charge is 2.16. The Hall–Kier alpha value is -3.20. The summed E-state index contributed by atoms with van der Waals surface area (Å²) < 4.78 is 1.92. The number of anilines is 1. The molecule has 146 valence electrons. The van der Waals surface area contributed by atoms with Crippen molar-refractivity contribution >= 4 is 40.9 Å². The molecule has 1 amide bonds. The highest BCUT2D eigenvalue weighted by molar-refractivity contribution is 6.43. The zero-order valence-electron chi connectivity index (χ0n) is 15.7. The van der Waals surface area contributed by atoms with Gasteiger partial charge in [0, 0.05) is 17.1 Å². The van der Waals surface area contributed by atoms with E-state index in [1.165, 1.54) is 18.2 Å². The molecule has 3 rings (SSSR count). The Kier molecular flexibility index (Phi) is 5.97. The molecule has 0 radical (unpaired) electrons. The molecule has 2 N–H and O–H groups in total. The van der Waals surface area contributed by atoms with Gasteiger partial charge < -0.3 is 15.0 Å². The van der Waals surface area contributed by atoms with Crippen LogP contribution in [0, 0.1) is 25.2 Å². The number of halogens is 2. The molecule has 0 spiro atoms. The maximum Gasteiger partial charge on any atom is 0.266 e. The number of aryl methyl sites for hydroxylation is 1. The second-order valence-electron chi connectivity index (χ2n) is 6.41. The number of carbonyl (C=O) groups excluding carboxylic acids is 1. The number of aromatic nitrogens is 1. The molecule has 0 aliphatic heterocycles. The van der Waals surface area contributed by atoms with Gasteiger partial charge in [0.15, 0.2) is 0 Å². The van der Waals surface area contributed by atoms with E-state index in [0.29, 0.717) is 15.7 Å². The average molecular weight is 426 g/mol. The summed E-state index contributed by atoms with van der Waals surface area (Å²) in [7, 11) is 0. The maximum atomic E-state index is 12.5. The SMILES string of the molecule is Cc1cc(/C=C(/C#N)C(=O)Nc2ccc(O)cc2)c(C)n1-c1cccc(Cl)c1Cl. The highest BCUT2D eigenvalue weighted by Crippen LogP contribution is 2.32. The summed E-state index contributed by atoms with van der Waals surface area (Å²) in [5, 5.41) is 22.3. The number of phenolic OH excluding ortho intramolecular Hbond substituents is 1. The molecule has 0 saturated carbocycles. The van der Waals surface area contributed by atoms with Gasteiger partial charge >= 0.3 is 0 Å². The Morgan fingerprint density at radius 2 is 1.86 bits per heavy atom. The molecule has 2 aromatic carbocycles. The van der Waals surface area contributed by atoms with E-state index in [1.54, 1.807) is 18.2 Å². The van der Waals surface area contributed by atoms with E-state index >= 15 is 0 Å². The fraction of sp³-hybridized carbons (Fsp3) is 0.0909. The number of aromatic hydroxyl groups is 1. The molecule has 5 nitrogen and oxygen atoms in total. The number of nitriles is 1. The molecule has 0 aliphatic rings. The van der Waals surface area contributed by atoms with Gasteiger partial charge in [-0.05, 0) is 68.0 Å². The summed E-state index contributed by atoms with van der Waals surface area (Å²) in [6.07, 6.45) is 1.53. The molecule has 1 heterocycles. The number of hydrogen-bond acceptors (Lipinski definition) is 3. The number of amides is 1. The van der Waals surface area contributed by atoms with Gasteiger partial charge in [0.1, 0.15) is 17.4 Å². The summed E-state index contributed by atoms with van der Waals surface area (Å²) in [4.78, 5) is 12.5. The predicted molar refractivity (Wildman–Crippen MR) is 116 cm³/mol. The third-order valence-electron chi connectivity index (χ3n) is 4.43. The lowest BCUT2D eigenvalue weighted by Gasteiger charge is -2.12. The quantitative estimate of drug-likeness (QED) is 0.321. The molecule has 0 atom stereocenters. The third kappa shape index (κ3) is 4.29. The number of carbonyl (C=O) groups is 1. The largest absolute Gasteiger partial charge is 0.508 e. The Balaban J connectivity index is 1.96. The first-order valence-electron chi connectivity index (χ1n) is 8.67. The van der Waals surface area contributed by atoms with E-state index < -0.39 is 5.91 Å². The van der Waals surface area contributed by atoms with Gasteiger partial charge in [0.25, 0.3) is 5.91 Å². The Morgan fingerprint density at radius 3 is 2.52 bits per heavy atom. The van der Waals surface area contributed by atoms with Gasteiger partial charge in [-0.15, -0.1) is 0 Å². The molecule has 0 unspecified atom stereocenters. The van der Waals surface area contributed by atoms with Crippen LogP contribution in [0.25, 0.3) is 11.8 Å². The smallest absolute Gasteiger partial charge is 0.266 e. The average Bonchev–Trinajstić information content (AvgIpc) is 2.97. The molecule has 7 heteroatoms. The second kappa shape index (κ2) is 8.44. The highest BCUT2D eigenvalue weighted by atomic mass is 35.5. The first-order chi connectivity index (χ1) is 13.8. The van der Waals surface area contributed by atoms with E-state index in [2.05, 4.69) is 5.32 Å². The van der Waals surface area contributed by atoms with Crippen LogP contribution in [0.4, 0.5) is 5.69 Å². The van der Waals surface area contributed by atoms with Crippen LogP contribution in [0.15, 0.2) is 54.1 Å². The van der Waals surface area contributed by atoms with Gasteiger partial charge in [-0.25, -0.2) is 0 Å². The zero-order valence-corrected chi connectivity index (χ0v) is 17.2. The fourth-order valence-electron chi connectivity index (χ4n) is 3.02. The molecule has 0 saturated heterocycles. The second-order valence-corrected chi connectivity index (χ2v) is 7.19. The van der Waals surface area contributed by atoms with Crippen LogP contribution in [0.2, 0.25) is 10.0 Å². The van der Waals surface area contributed by atoms with Crippen molar-refractivity contribution in [2.75, 3.05) is 5.32 Å². The number of benzene rings is 2. The lowest BCUT2D eigenvalue weighted by molar-refractivity contribution is -0.112. The minimum absolute atomic E-state index is 0.0458. The predicted octanol–water partition coefficient (Wildman–Crippen LogP) is 5.65. The number of nitrogens with one attached hydrogen (secondary N) is 1. The maximum absolute atomic E-state index is 12.5. The van der Waals surface area contributed by atoms with Gasteiger partial charge in [-0.2, -0.15) is 5.26 Å². The molecule has 0 fully saturated rings. The van der Waals surface area contributed by atoms with Crippen molar-refractivity contribution in [3.8, 4) is 17.5 Å². The van der Waals surface area contributed by atoms with Crippen molar-refractivity contribution in [3.63, 3.8) is 0 Å². The number of rotatable bonds is 4. The minimum atomic E-state index is -0.538. The summed E-state index contributed by atoms with van der Waals surface area (Å²) >= 11 is 12.5. The summed E-state index contributed by atoms with van der Waals surface area (Å²) in [5.41, 5.74) is 3.57. The topological polar surface area (TPSA) is 78.1 Å². The normalized spacial score (nSPS) is 11.2. The van der Waals surface area contributed by atoms with Gasteiger partial charge in [0.05, 0.1) is 15.7 Å². The van der Waals surface area contributed by atoms with E-state index in [0.717, 1.165) is 22.6 Å². The number of phenols is 1. The first-order valence-corrected chi connectivity index (χ1v) is 9.43. The van der Waals surface area contributed by atoms with Gasteiger partial charge in [-0.1, -0.05) is 29.3 Å². The van der Waals surface area contributed by atoms with Gasteiger partial charge in [0.2, 0.25) is 0 Å². The molecular formula is C22H17Cl2N3O2. The monoisotopic (exact) mass is 425 g/mol. The van der Waals surface area contributed by atoms with Crippen molar-refractivity contribution in [2.24, 2.45) is 0 Å². The molecule has 0 aliphatic carbocycles. The number of hydrogen-bond donors (Lipinski definition) is 2. The molecule has 1 aromatic heterocycles. The van der Waals surface area contributed by atoms with Crippen LogP contribution in [-0.4, -0.2) is 15.6 Å². The summed E-state index contributed by atoms with van der Waals surface area (Å²) in [5.74, 6) is -0.449. The van der Waals surface area contributed by atoms with Crippen LogP contribution in [0.3, 0.4) is 0 Å². The van der Waals surface area contributed by atoms with Crippen LogP contribution in [0.5, 0.6) is 5.75 Å². The molecular weight excluding hydrogens is 409 g/mol. The Bertz CT molecular complexity index is 1160. The van der Waals surface area contributed by atoms with Crippen LogP contribution < -0.4 is 5.32 Å². The molecule has 0 bridgehead atoms. The minimum Gasteiger partial charge on any atom is -0.508 e. The van der Waals surface area contributed by atoms with Crippen LogP contribution in [0.1, 0.15) is 17.0 Å². The standard InChI is InChI=1S/C22H17Cl2N3O2/c1-13-10-15(14(2)27(13)20-5-3-4-19(23)21(20)24)11-16(12-25)22(29)26-17-6-8-18(28)9-7-17/h3-11,28H,1-2H3,(H,26,29)/b16-11-. The zero-order chi connectivity index (χ0) is 21.1. The number of nitrogens with zero attached hydrogens (tertiary/aromatic N) is 2. The van der Waals surface area contributed by atoms with E-state index in [1.807, 2.05) is 42.7 Å². The lowest BCUT2D eigenvalue weighted by Crippen LogP contribution is -2.13. The van der Waals surface area contributed by atoms with Crippen LogP contribution in [-0.2, 0) is 4.79 Å². The van der Waals surface area contributed by atoms with Crippen molar-refractivity contribution in [2.45, 2.75) is 13.8 Å².